The number of hydrogen-bond acceptors (Lipinski definition) is 5. The van der Waals surface area contributed by atoms with Crippen molar-refractivity contribution in [2.24, 2.45) is 0 Å². The summed E-state index contributed by atoms with van der Waals surface area (Å²) in [4.78, 5) is 15.3. The number of pyridine rings is 1. The monoisotopic (exact) mass is 369 g/mol. The van der Waals surface area contributed by atoms with Crippen LogP contribution in [0, 0.1) is 5.82 Å². The lowest BCUT2D eigenvalue weighted by molar-refractivity contribution is 0.242. The molecular weight excluding hydrogens is 353 g/mol. The second-order valence-corrected chi connectivity index (χ2v) is 6.71. The Morgan fingerprint density at radius 2 is 1.96 bits per heavy atom. The van der Waals surface area contributed by atoms with E-state index in [-0.39, 0.29) is 5.82 Å². The molecule has 132 valence electrons. The summed E-state index contributed by atoms with van der Waals surface area (Å²) in [7, 11) is 0. The van der Waals surface area contributed by atoms with Gasteiger partial charge in [-0.1, -0.05) is 11.6 Å². The number of nitrogens with two attached hydrogens (primary N) is 1. The molecule has 3 aromatic rings. The third kappa shape index (κ3) is 3.52. The zero-order chi connectivity index (χ0) is 18.1. The van der Waals surface area contributed by atoms with Gasteiger partial charge in [-0.2, -0.15) is 0 Å². The lowest BCUT2D eigenvalue weighted by Gasteiger charge is -2.28. The molecule has 0 fully saturated rings. The first kappa shape index (κ1) is 16.9. The Morgan fingerprint density at radius 1 is 1.15 bits per heavy atom. The molecule has 0 spiro atoms. The van der Waals surface area contributed by atoms with Crippen LogP contribution in [0.2, 0.25) is 5.15 Å². The van der Waals surface area contributed by atoms with Crippen LogP contribution in [0.5, 0.6) is 0 Å². The molecule has 1 aliphatic rings. The minimum absolute atomic E-state index is 0.340. The third-order valence-electron chi connectivity index (χ3n) is 4.45. The van der Waals surface area contributed by atoms with Crippen LogP contribution in [0.4, 0.5) is 10.1 Å². The van der Waals surface area contributed by atoms with Crippen LogP contribution in [0.25, 0.3) is 11.4 Å². The lowest BCUT2D eigenvalue weighted by atomic mass is 10.1. The van der Waals surface area contributed by atoms with E-state index >= 15 is 0 Å². The molecule has 2 aromatic heterocycles. The standard InChI is InChI=1S/C19H17ClFN5/c20-18-13(7-15(21)9-23-18)10-26-6-5-17-14(11-26)8-24-19(25-17)12-1-3-16(22)4-2-12/h1-4,7-9H,5-6,10-11,22H2. The molecule has 0 saturated heterocycles. The maximum atomic E-state index is 13.4. The summed E-state index contributed by atoms with van der Waals surface area (Å²) in [6, 6.07) is 8.97. The van der Waals surface area contributed by atoms with Gasteiger partial charge in [0, 0.05) is 54.6 Å². The van der Waals surface area contributed by atoms with Crippen molar-refractivity contribution in [1.29, 1.82) is 0 Å². The molecule has 4 rings (SSSR count). The van der Waals surface area contributed by atoms with E-state index in [0.717, 1.165) is 36.0 Å². The molecule has 0 aliphatic carbocycles. The molecule has 7 heteroatoms. The second-order valence-electron chi connectivity index (χ2n) is 6.35. The van der Waals surface area contributed by atoms with Gasteiger partial charge in [-0.25, -0.2) is 19.3 Å². The van der Waals surface area contributed by atoms with Gasteiger partial charge in [-0.05, 0) is 30.3 Å². The van der Waals surface area contributed by atoms with Crippen molar-refractivity contribution < 1.29 is 4.39 Å². The molecule has 26 heavy (non-hydrogen) atoms. The van der Waals surface area contributed by atoms with Crippen molar-refractivity contribution in [3.05, 3.63) is 70.5 Å². The lowest BCUT2D eigenvalue weighted by Crippen LogP contribution is -2.31. The largest absolute Gasteiger partial charge is 0.399 e. The van der Waals surface area contributed by atoms with E-state index in [4.69, 9.17) is 22.3 Å². The first-order valence-corrected chi connectivity index (χ1v) is 8.69. The molecule has 0 radical (unpaired) electrons. The number of benzene rings is 1. The van der Waals surface area contributed by atoms with Crippen molar-refractivity contribution in [2.45, 2.75) is 19.5 Å². The number of rotatable bonds is 3. The summed E-state index contributed by atoms with van der Waals surface area (Å²) in [6.45, 7) is 2.06. The molecule has 3 heterocycles. The van der Waals surface area contributed by atoms with Crippen molar-refractivity contribution in [2.75, 3.05) is 12.3 Å². The van der Waals surface area contributed by atoms with E-state index in [1.54, 1.807) is 0 Å². The minimum atomic E-state index is -0.377. The third-order valence-corrected chi connectivity index (χ3v) is 4.79. The van der Waals surface area contributed by atoms with Crippen molar-refractivity contribution >= 4 is 17.3 Å². The highest BCUT2D eigenvalue weighted by Gasteiger charge is 2.20. The summed E-state index contributed by atoms with van der Waals surface area (Å²) >= 11 is 6.08. The number of nitrogen functional groups attached to an aromatic ring is 1. The Hall–Kier alpha value is -2.57. The fraction of sp³-hybridized carbons (Fsp3) is 0.211. The molecule has 0 unspecified atom stereocenters. The zero-order valence-electron chi connectivity index (χ0n) is 14.0. The molecule has 0 atom stereocenters. The summed E-state index contributed by atoms with van der Waals surface area (Å²) in [6.07, 6.45) is 3.80. The van der Waals surface area contributed by atoms with Gasteiger partial charge in [-0.3, -0.25) is 4.90 Å². The molecule has 0 saturated carbocycles. The van der Waals surface area contributed by atoms with Crippen LogP contribution in [-0.4, -0.2) is 26.4 Å². The highest BCUT2D eigenvalue weighted by molar-refractivity contribution is 6.30. The zero-order valence-corrected chi connectivity index (χ0v) is 14.7. The molecule has 0 bridgehead atoms. The molecule has 0 amide bonds. The normalized spacial score (nSPS) is 14.2. The average molecular weight is 370 g/mol. The number of halogens is 2. The predicted molar refractivity (Wildman–Crippen MR) is 98.9 cm³/mol. The first-order valence-electron chi connectivity index (χ1n) is 8.31. The van der Waals surface area contributed by atoms with E-state index in [0.29, 0.717) is 35.3 Å². The van der Waals surface area contributed by atoms with Crippen molar-refractivity contribution in [3.63, 3.8) is 0 Å². The van der Waals surface area contributed by atoms with Gasteiger partial charge in [0.15, 0.2) is 5.82 Å². The number of nitrogens with zero attached hydrogens (tertiary/aromatic N) is 4. The Morgan fingerprint density at radius 3 is 2.77 bits per heavy atom. The smallest absolute Gasteiger partial charge is 0.159 e. The Kier molecular flexibility index (Phi) is 4.53. The number of hydrogen-bond donors (Lipinski definition) is 1. The molecule has 1 aliphatic heterocycles. The molecular formula is C19H17ClFN5. The van der Waals surface area contributed by atoms with Gasteiger partial charge < -0.3 is 5.73 Å². The van der Waals surface area contributed by atoms with Crippen LogP contribution in [-0.2, 0) is 19.5 Å². The summed E-state index contributed by atoms with van der Waals surface area (Å²) in [5.41, 5.74) is 10.2. The number of fused-ring (bicyclic) bond motifs is 1. The van der Waals surface area contributed by atoms with Gasteiger partial charge in [0.1, 0.15) is 11.0 Å². The average Bonchev–Trinajstić information content (AvgIpc) is 2.65. The Labute approximate surface area is 155 Å². The van der Waals surface area contributed by atoms with Gasteiger partial charge >= 0.3 is 0 Å². The molecule has 1 aromatic carbocycles. The summed E-state index contributed by atoms with van der Waals surface area (Å²) in [5.74, 6) is 0.327. The first-order chi connectivity index (χ1) is 12.6. The summed E-state index contributed by atoms with van der Waals surface area (Å²) in [5, 5.41) is 0.340. The van der Waals surface area contributed by atoms with Gasteiger partial charge in [0.05, 0.1) is 11.9 Å². The van der Waals surface area contributed by atoms with E-state index in [1.807, 2.05) is 30.5 Å². The highest BCUT2D eigenvalue weighted by Crippen LogP contribution is 2.24. The topological polar surface area (TPSA) is 67.9 Å². The predicted octanol–water partition coefficient (Wildman–Crippen LogP) is 3.47. The van der Waals surface area contributed by atoms with Crippen molar-refractivity contribution in [3.8, 4) is 11.4 Å². The SMILES string of the molecule is Nc1ccc(-c2ncc3c(n2)CCN(Cc2cc(F)cnc2Cl)C3)cc1. The van der Waals surface area contributed by atoms with Crippen LogP contribution >= 0.6 is 11.6 Å². The van der Waals surface area contributed by atoms with E-state index in [9.17, 15) is 4.39 Å². The van der Waals surface area contributed by atoms with Crippen LogP contribution in [0.1, 0.15) is 16.8 Å². The molecule has 5 nitrogen and oxygen atoms in total. The number of aromatic nitrogens is 3. The van der Waals surface area contributed by atoms with Crippen LogP contribution in [0.15, 0.2) is 42.7 Å². The maximum Gasteiger partial charge on any atom is 0.159 e. The van der Waals surface area contributed by atoms with Gasteiger partial charge in [0.2, 0.25) is 0 Å². The fourth-order valence-electron chi connectivity index (χ4n) is 3.10. The highest BCUT2D eigenvalue weighted by atomic mass is 35.5. The fourth-order valence-corrected chi connectivity index (χ4v) is 3.26. The minimum Gasteiger partial charge on any atom is -0.399 e. The van der Waals surface area contributed by atoms with E-state index in [1.165, 1.54) is 6.07 Å². The van der Waals surface area contributed by atoms with Crippen molar-refractivity contribution in [1.82, 2.24) is 19.9 Å². The van der Waals surface area contributed by atoms with E-state index < -0.39 is 0 Å². The van der Waals surface area contributed by atoms with Crippen LogP contribution < -0.4 is 5.73 Å². The maximum absolute atomic E-state index is 13.4. The van der Waals surface area contributed by atoms with Crippen LogP contribution in [0.3, 0.4) is 0 Å². The van der Waals surface area contributed by atoms with Gasteiger partial charge in [-0.15, -0.1) is 0 Å². The second kappa shape index (κ2) is 6.97. The number of anilines is 1. The Bertz CT molecular complexity index is 945. The summed E-state index contributed by atoms with van der Waals surface area (Å²) < 4.78 is 13.4. The van der Waals surface area contributed by atoms with Gasteiger partial charge in [0.25, 0.3) is 0 Å². The molecule has 2 N–H and O–H groups in total. The quantitative estimate of drug-likeness (QED) is 0.565. The van der Waals surface area contributed by atoms with E-state index in [2.05, 4.69) is 14.9 Å². The Balaban J connectivity index is 1.52.